The smallest absolute Gasteiger partial charge is 0.336 e. The SMILES string of the molecule is C[C@]12CCC[C@](C)(C(=O)O)[C@@H]1CC[C@@]1(C)C3=C(CC[C@H]21)C(=O)OC3O. The normalized spacial score (nSPS) is 49.1. The number of esters is 1. The largest absolute Gasteiger partial charge is 0.481 e. The Labute approximate surface area is 148 Å². The van der Waals surface area contributed by atoms with Crippen LogP contribution in [0.4, 0.5) is 0 Å². The van der Waals surface area contributed by atoms with Crippen LogP contribution in [0.15, 0.2) is 11.1 Å². The number of carbonyl (C=O) groups excluding carboxylic acids is 1. The average Bonchev–Trinajstić information content (AvgIpc) is 2.82. The van der Waals surface area contributed by atoms with E-state index >= 15 is 0 Å². The minimum absolute atomic E-state index is 0.0811. The molecule has 0 aromatic rings. The van der Waals surface area contributed by atoms with Gasteiger partial charge in [-0.1, -0.05) is 20.3 Å². The van der Waals surface area contributed by atoms with Crippen molar-refractivity contribution >= 4 is 11.9 Å². The number of ether oxygens (including phenoxy) is 1. The molecule has 25 heavy (non-hydrogen) atoms. The molecule has 0 radical (unpaired) electrons. The third-order valence-electron chi connectivity index (χ3n) is 8.32. The Morgan fingerprint density at radius 2 is 1.84 bits per heavy atom. The molecule has 4 rings (SSSR count). The van der Waals surface area contributed by atoms with Gasteiger partial charge in [-0.25, -0.2) is 4.79 Å². The van der Waals surface area contributed by atoms with Crippen molar-refractivity contribution in [3.63, 3.8) is 0 Å². The van der Waals surface area contributed by atoms with E-state index in [2.05, 4.69) is 13.8 Å². The molecule has 0 amide bonds. The number of cyclic esters (lactones) is 1. The van der Waals surface area contributed by atoms with Crippen LogP contribution in [0.2, 0.25) is 0 Å². The van der Waals surface area contributed by atoms with Crippen LogP contribution in [0.1, 0.15) is 65.7 Å². The van der Waals surface area contributed by atoms with Crippen molar-refractivity contribution in [2.24, 2.45) is 28.1 Å². The molecule has 1 unspecified atom stereocenters. The predicted octanol–water partition coefficient (Wildman–Crippen LogP) is 3.27. The fourth-order valence-corrected chi connectivity index (χ4v) is 7.19. The van der Waals surface area contributed by atoms with Crippen LogP contribution in [0.3, 0.4) is 0 Å². The van der Waals surface area contributed by atoms with Gasteiger partial charge in [-0.2, -0.15) is 0 Å². The number of hydrogen-bond acceptors (Lipinski definition) is 4. The van der Waals surface area contributed by atoms with E-state index in [0.717, 1.165) is 44.1 Å². The molecule has 2 saturated carbocycles. The molecule has 5 heteroatoms. The lowest BCUT2D eigenvalue weighted by atomic mass is 9.40. The van der Waals surface area contributed by atoms with Gasteiger partial charge in [0.1, 0.15) is 0 Å². The maximum absolute atomic E-state index is 12.1. The van der Waals surface area contributed by atoms with E-state index in [4.69, 9.17) is 4.74 Å². The summed E-state index contributed by atoms with van der Waals surface area (Å²) in [6.07, 6.45) is 4.71. The first-order chi connectivity index (χ1) is 11.6. The van der Waals surface area contributed by atoms with Gasteiger partial charge >= 0.3 is 11.9 Å². The van der Waals surface area contributed by atoms with Gasteiger partial charge in [0.25, 0.3) is 0 Å². The predicted molar refractivity (Wildman–Crippen MR) is 90.4 cm³/mol. The minimum atomic E-state index is -1.12. The van der Waals surface area contributed by atoms with Gasteiger partial charge in [-0.05, 0) is 68.1 Å². The average molecular weight is 348 g/mol. The second kappa shape index (κ2) is 5.09. The molecule has 0 aromatic heterocycles. The summed E-state index contributed by atoms with van der Waals surface area (Å²) in [7, 11) is 0. The Hall–Kier alpha value is -1.36. The van der Waals surface area contributed by atoms with Gasteiger partial charge in [-0.3, -0.25) is 4.79 Å². The van der Waals surface area contributed by atoms with Gasteiger partial charge in [0.15, 0.2) is 0 Å². The first-order valence-electron chi connectivity index (χ1n) is 9.50. The molecule has 2 N–H and O–H groups in total. The summed E-state index contributed by atoms with van der Waals surface area (Å²) in [6, 6.07) is 0. The first kappa shape index (κ1) is 17.1. The molecule has 0 bridgehead atoms. The van der Waals surface area contributed by atoms with Crippen molar-refractivity contribution < 1.29 is 24.5 Å². The summed E-state index contributed by atoms with van der Waals surface area (Å²) in [5.74, 6) is -0.627. The molecule has 0 saturated heterocycles. The quantitative estimate of drug-likeness (QED) is 0.711. The lowest BCUT2D eigenvalue weighted by molar-refractivity contribution is -0.177. The Morgan fingerprint density at radius 3 is 2.52 bits per heavy atom. The van der Waals surface area contributed by atoms with Crippen LogP contribution in [-0.2, 0) is 14.3 Å². The molecule has 1 heterocycles. The van der Waals surface area contributed by atoms with Crippen molar-refractivity contribution in [1.82, 2.24) is 0 Å². The van der Waals surface area contributed by atoms with Crippen LogP contribution in [0, 0.1) is 28.1 Å². The molecule has 5 nitrogen and oxygen atoms in total. The van der Waals surface area contributed by atoms with Crippen molar-refractivity contribution in [2.75, 3.05) is 0 Å². The summed E-state index contributed by atoms with van der Waals surface area (Å²) in [6.45, 7) is 6.34. The number of carboxylic acids is 1. The summed E-state index contributed by atoms with van der Waals surface area (Å²) < 4.78 is 5.12. The van der Waals surface area contributed by atoms with E-state index < -0.39 is 17.7 Å². The van der Waals surface area contributed by atoms with Gasteiger partial charge in [0.05, 0.1) is 5.41 Å². The maximum atomic E-state index is 12.1. The number of aliphatic hydroxyl groups is 1. The Morgan fingerprint density at radius 1 is 1.12 bits per heavy atom. The molecule has 1 aliphatic heterocycles. The van der Waals surface area contributed by atoms with Gasteiger partial charge in [0.2, 0.25) is 6.29 Å². The Kier molecular flexibility index (Phi) is 3.48. The van der Waals surface area contributed by atoms with Crippen LogP contribution < -0.4 is 0 Å². The van der Waals surface area contributed by atoms with Crippen molar-refractivity contribution in [2.45, 2.75) is 72.0 Å². The van der Waals surface area contributed by atoms with Crippen LogP contribution >= 0.6 is 0 Å². The maximum Gasteiger partial charge on any atom is 0.336 e. The molecule has 4 aliphatic rings. The number of carbonyl (C=O) groups is 2. The zero-order valence-electron chi connectivity index (χ0n) is 15.3. The fourth-order valence-electron chi connectivity index (χ4n) is 7.19. The standard InChI is InChI=1S/C20H28O5/c1-18-8-4-9-20(3,17(23)24)13(18)7-10-19(2)12(18)6-5-11-14(19)16(22)25-15(11)21/h12-13,16,22H,4-10H2,1-3H3,(H,23,24)/t12-,13-,16?,18-,19-,20+/m1/s1. The Bertz CT molecular complexity index is 682. The van der Waals surface area contributed by atoms with Crippen LogP contribution in [-0.4, -0.2) is 28.4 Å². The van der Waals surface area contributed by atoms with Crippen LogP contribution in [0.25, 0.3) is 0 Å². The third kappa shape index (κ3) is 1.99. The third-order valence-corrected chi connectivity index (χ3v) is 8.32. The minimum Gasteiger partial charge on any atom is -0.481 e. The summed E-state index contributed by atoms with van der Waals surface area (Å²) >= 11 is 0. The van der Waals surface area contributed by atoms with Crippen molar-refractivity contribution in [3.05, 3.63) is 11.1 Å². The second-order valence-corrected chi connectivity index (χ2v) is 9.33. The van der Waals surface area contributed by atoms with Gasteiger partial charge in [0, 0.05) is 11.1 Å². The molecule has 0 spiro atoms. The number of carboxylic acid groups (broad SMARTS) is 1. The van der Waals surface area contributed by atoms with E-state index in [9.17, 15) is 19.8 Å². The van der Waals surface area contributed by atoms with Crippen molar-refractivity contribution in [3.8, 4) is 0 Å². The van der Waals surface area contributed by atoms with E-state index in [1.165, 1.54) is 0 Å². The van der Waals surface area contributed by atoms with Crippen LogP contribution in [0.5, 0.6) is 0 Å². The topological polar surface area (TPSA) is 83.8 Å². The van der Waals surface area contributed by atoms with Crippen molar-refractivity contribution in [1.29, 1.82) is 0 Å². The van der Waals surface area contributed by atoms with E-state index in [-0.39, 0.29) is 28.6 Å². The second-order valence-electron chi connectivity index (χ2n) is 9.33. The number of hydrogen-bond donors (Lipinski definition) is 2. The molecular formula is C20H28O5. The highest BCUT2D eigenvalue weighted by Crippen LogP contribution is 2.69. The molecule has 2 fully saturated rings. The van der Waals surface area contributed by atoms with E-state index in [1.807, 2.05) is 6.92 Å². The molecule has 138 valence electrons. The zero-order valence-corrected chi connectivity index (χ0v) is 15.3. The highest BCUT2D eigenvalue weighted by Gasteiger charge is 2.64. The zero-order chi connectivity index (χ0) is 18.2. The number of rotatable bonds is 1. The lowest BCUT2D eigenvalue weighted by Crippen LogP contribution is -2.59. The highest BCUT2D eigenvalue weighted by atomic mass is 16.6. The molecular weight excluding hydrogens is 320 g/mol. The first-order valence-corrected chi connectivity index (χ1v) is 9.50. The fraction of sp³-hybridized carbons (Fsp3) is 0.800. The molecule has 0 aromatic carbocycles. The van der Waals surface area contributed by atoms with Gasteiger partial charge in [-0.15, -0.1) is 0 Å². The monoisotopic (exact) mass is 348 g/mol. The summed E-state index contributed by atoms with van der Waals surface area (Å²) in [5, 5.41) is 20.3. The van der Waals surface area contributed by atoms with E-state index in [1.54, 1.807) is 0 Å². The molecule has 3 aliphatic carbocycles. The number of fused-ring (bicyclic) bond motifs is 4. The van der Waals surface area contributed by atoms with E-state index in [0.29, 0.717) is 12.0 Å². The Balaban J connectivity index is 1.79. The lowest BCUT2D eigenvalue weighted by Gasteiger charge is -2.63. The molecule has 6 atom stereocenters. The number of aliphatic carboxylic acids is 1. The number of aliphatic hydroxyl groups excluding tert-OH is 1. The highest BCUT2D eigenvalue weighted by molar-refractivity contribution is 5.92. The summed E-state index contributed by atoms with van der Waals surface area (Å²) in [5.41, 5.74) is 0.425. The van der Waals surface area contributed by atoms with Gasteiger partial charge < -0.3 is 14.9 Å². The summed E-state index contributed by atoms with van der Waals surface area (Å²) in [4.78, 5) is 24.1.